The molecule has 0 fully saturated rings. The van der Waals surface area contributed by atoms with E-state index in [1.54, 1.807) is 11.3 Å². The SMILES string of the molecule is C[C@H](CCc1ccccc1)NC(=O)CCC(=O)NCc1cccs1. The molecular weight excluding hydrogens is 320 g/mol. The predicted molar refractivity (Wildman–Crippen MR) is 97.8 cm³/mol. The van der Waals surface area contributed by atoms with Gasteiger partial charge in [0.15, 0.2) is 0 Å². The van der Waals surface area contributed by atoms with Crippen molar-refractivity contribution in [2.75, 3.05) is 0 Å². The van der Waals surface area contributed by atoms with Crippen LogP contribution in [0.5, 0.6) is 0 Å². The van der Waals surface area contributed by atoms with Gasteiger partial charge in [-0.15, -0.1) is 11.3 Å². The molecule has 1 atom stereocenters. The van der Waals surface area contributed by atoms with E-state index in [-0.39, 0.29) is 30.7 Å². The molecule has 0 aliphatic heterocycles. The second-order valence-corrected chi connectivity index (χ2v) is 6.88. The lowest BCUT2D eigenvalue weighted by molar-refractivity contribution is -0.126. The van der Waals surface area contributed by atoms with Gasteiger partial charge in [0.05, 0.1) is 6.54 Å². The van der Waals surface area contributed by atoms with Gasteiger partial charge in [-0.3, -0.25) is 9.59 Å². The molecule has 128 valence electrons. The number of carbonyl (C=O) groups is 2. The average Bonchev–Trinajstić information content (AvgIpc) is 3.11. The van der Waals surface area contributed by atoms with E-state index in [1.165, 1.54) is 5.56 Å². The van der Waals surface area contributed by atoms with E-state index in [0.29, 0.717) is 6.54 Å². The monoisotopic (exact) mass is 344 g/mol. The molecule has 0 saturated heterocycles. The highest BCUT2D eigenvalue weighted by molar-refractivity contribution is 7.09. The van der Waals surface area contributed by atoms with E-state index in [4.69, 9.17) is 0 Å². The molecule has 1 aromatic heterocycles. The molecule has 0 spiro atoms. The maximum absolute atomic E-state index is 11.9. The third-order valence-corrected chi connectivity index (χ3v) is 4.61. The van der Waals surface area contributed by atoms with E-state index in [0.717, 1.165) is 17.7 Å². The maximum atomic E-state index is 11.9. The van der Waals surface area contributed by atoms with Gasteiger partial charge < -0.3 is 10.6 Å². The Hall–Kier alpha value is -2.14. The van der Waals surface area contributed by atoms with Crippen molar-refractivity contribution in [2.24, 2.45) is 0 Å². The second kappa shape index (κ2) is 9.88. The number of thiophene rings is 1. The molecular formula is C19H24N2O2S. The predicted octanol–water partition coefficient (Wildman–Crippen LogP) is 3.28. The number of nitrogens with one attached hydrogen (secondary N) is 2. The number of benzene rings is 1. The third kappa shape index (κ3) is 6.96. The first-order chi connectivity index (χ1) is 11.6. The Morgan fingerprint density at radius 2 is 1.79 bits per heavy atom. The molecule has 2 aromatic rings. The van der Waals surface area contributed by atoms with Crippen molar-refractivity contribution in [3.8, 4) is 0 Å². The number of amides is 2. The van der Waals surface area contributed by atoms with Gasteiger partial charge >= 0.3 is 0 Å². The summed E-state index contributed by atoms with van der Waals surface area (Å²) in [4.78, 5) is 24.8. The Morgan fingerprint density at radius 3 is 2.50 bits per heavy atom. The molecule has 0 aliphatic carbocycles. The first-order valence-corrected chi connectivity index (χ1v) is 9.14. The Morgan fingerprint density at radius 1 is 1.04 bits per heavy atom. The van der Waals surface area contributed by atoms with Crippen molar-refractivity contribution >= 4 is 23.2 Å². The van der Waals surface area contributed by atoms with Crippen LogP contribution < -0.4 is 10.6 Å². The van der Waals surface area contributed by atoms with Crippen LogP contribution in [0.4, 0.5) is 0 Å². The molecule has 0 unspecified atom stereocenters. The number of rotatable bonds is 9. The maximum Gasteiger partial charge on any atom is 0.220 e. The standard InChI is InChI=1S/C19H24N2O2S/c1-15(9-10-16-6-3-2-4-7-16)21-19(23)12-11-18(22)20-14-17-8-5-13-24-17/h2-8,13,15H,9-12,14H2,1H3,(H,20,22)(H,21,23)/t15-/m1/s1. The van der Waals surface area contributed by atoms with Crippen LogP contribution in [0.3, 0.4) is 0 Å². The fourth-order valence-electron chi connectivity index (χ4n) is 2.36. The summed E-state index contributed by atoms with van der Waals surface area (Å²) in [7, 11) is 0. The molecule has 2 amide bonds. The Bertz CT molecular complexity index is 626. The average molecular weight is 344 g/mol. The van der Waals surface area contributed by atoms with Crippen LogP contribution in [0.15, 0.2) is 47.8 Å². The zero-order valence-corrected chi connectivity index (χ0v) is 14.8. The lowest BCUT2D eigenvalue weighted by Gasteiger charge is -2.14. The van der Waals surface area contributed by atoms with Crippen LogP contribution in [-0.2, 0) is 22.6 Å². The van der Waals surface area contributed by atoms with Crippen LogP contribution >= 0.6 is 11.3 Å². The van der Waals surface area contributed by atoms with Crippen molar-refractivity contribution in [3.63, 3.8) is 0 Å². The van der Waals surface area contributed by atoms with Crippen LogP contribution in [0.2, 0.25) is 0 Å². The minimum absolute atomic E-state index is 0.0677. The third-order valence-electron chi connectivity index (χ3n) is 3.74. The molecule has 0 radical (unpaired) electrons. The molecule has 1 heterocycles. The van der Waals surface area contributed by atoms with E-state index in [2.05, 4.69) is 22.8 Å². The summed E-state index contributed by atoms with van der Waals surface area (Å²) < 4.78 is 0. The molecule has 24 heavy (non-hydrogen) atoms. The molecule has 0 bridgehead atoms. The van der Waals surface area contributed by atoms with Crippen LogP contribution in [0.25, 0.3) is 0 Å². The first kappa shape index (κ1) is 18.2. The quantitative estimate of drug-likeness (QED) is 0.733. The van der Waals surface area contributed by atoms with Gasteiger partial charge in [-0.1, -0.05) is 36.4 Å². The van der Waals surface area contributed by atoms with E-state index >= 15 is 0 Å². The molecule has 0 aliphatic rings. The van der Waals surface area contributed by atoms with Gasteiger partial charge in [-0.05, 0) is 36.8 Å². The van der Waals surface area contributed by atoms with Crippen molar-refractivity contribution in [1.29, 1.82) is 0 Å². The minimum Gasteiger partial charge on any atom is -0.354 e. The summed E-state index contributed by atoms with van der Waals surface area (Å²) in [5, 5.41) is 7.77. The summed E-state index contributed by atoms with van der Waals surface area (Å²) in [6.45, 7) is 2.53. The van der Waals surface area contributed by atoms with E-state index in [1.807, 2.05) is 42.6 Å². The molecule has 5 heteroatoms. The van der Waals surface area contributed by atoms with Gasteiger partial charge in [0.1, 0.15) is 0 Å². The molecule has 4 nitrogen and oxygen atoms in total. The summed E-state index contributed by atoms with van der Waals surface area (Å²) in [6, 6.07) is 14.3. The van der Waals surface area contributed by atoms with Gasteiger partial charge in [-0.2, -0.15) is 0 Å². The zero-order chi connectivity index (χ0) is 17.2. The summed E-state index contributed by atoms with van der Waals surface area (Å²) >= 11 is 1.61. The van der Waals surface area contributed by atoms with E-state index in [9.17, 15) is 9.59 Å². The fraction of sp³-hybridized carbons (Fsp3) is 0.368. The Labute approximate surface area is 147 Å². The number of hydrogen-bond donors (Lipinski definition) is 2. The molecule has 0 saturated carbocycles. The van der Waals surface area contributed by atoms with Gasteiger partial charge in [0.25, 0.3) is 0 Å². The molecule has 2 rings (SSSR count). The van der Waals surface area contributed by atoms with Crippen molar-refractivity contribution < 1.29 is 9.59 Å². The largest absolute Gasteiger partial charge is 0.354 e. The number of carbonyl (C=O) groups excluding carboxylic acids is 2. The second-order valence-electron chi connectivity index (χ2n) is 5.85. The Balaban J connectivity index is 1.59. The number of hydrogen-bond acceptors (Lipinski definition) is 3. The van der Waals surface area contributed by atoms with Crippen LogP contribution in [0.1, 0.15) is 36.6 Å². The molecule has 2 N–H and O–H groups in total. The van der Waals surface area contributed by atoms with Gasteiger partial charge in [0, 0.05) is 23.8 Å². The highest BCUT2D eigenvalue weighted by Crippen LogP contribution is 2.08. The lowest BCUT2D eigenvalue weighted by Crippen LogP contribution is -2.34. The minimum atomic E-state index is -0.0875. The summed E-state index contributed by atoms with van der Waals surface area (Å²) in [5.74, 6) is -0.155. The smallest absolute Gasteiger partial charge is 0.220 e. The first-order valence-electron chi connectivity index (χ1n) is 8.26. The summed E-state index contributed by atoms with van der Waals surface area (Å²) in [5.41, 5.74) is 1.27. The summed E-state index contributed by atoms with van der Waals surface area (Å²) in [6.07, 6.45) is 2.28. The fourth-order valence-corrected chi connectivity index (χ4v) is 3.01. The van der Waals surface area contributed by atoms with Gasteiger partial charge in [-0.25, -0.2) is 0 Å². The number of aryl methyl sites for hydroxylation is 1. The van der Waals surface area contributed by atoms with Crippen molar-refractivity contribution in [1.82, 2.24) is 10.6 Å². The van der Waals surface area contributed by atoms with E-state index < -0.39 is 0 Å². The topological polar surface area (TPSA) is 58.2 Å². The van der Waals surface area contributed by atoms with Crippen LogP contribution in [-0.4, -0.2) is 17.9 Å². The van der Waals surface area contributed by atoms with Gasteiger partial charge in [0.2, 0.25) is 11.8 Å². The Kier molecular flexibility index (Phi) is 7.49. The lowest BCUT2D eigenvalue weighted by atomic mass is 10.1. The van der Waals surface area contributed by atoms with Crippen LogP contribution in [0, 0.1) is 0 Å². The highest BCUT2D eigenvalue weighted by Gasteiger charge is 2.10. The molecule has 1 aromatic carbocycles. The van der Waals surface area contributed by atoms with Crippen molar-refractivity contribution in [2.45, 2.75) is 45.2 Å². The normalized spacial score (nSPS) is 11.7. The van der Waals surface area contributed by atoms with Crippen molar-refractivity contribution in [3.05, 3.63) is 58.3 Å². The zero-order valence-electron chi connectivity index (χ0n) is 14.0. The highest BCUT2D eigenvalue weighted by atomic mass is 32.1.